The lowest BCUT2D eigenvalue weighted by Crippen LogP contribution is -2.49. The molecule has 1 fully saturated rings. The fraction of sp³-hybridized carbons (Fsp3) is 0.200. The van der Waals surface area contributed by atoms with Gasteiger partial charge < -0.3 is 20.4 Å². The number of urea groups is 1. The summed E-state index contributed by atoms with van der Waals surface area (Å²) in [4.78, 5) is 29.6. The zero-order chi connectivity index (χ0) is 24.9. The second-order valence-electron chi connectivity index (χ2n) is 9.19. The third-order valence-electron chi connectivity index (χ3n) is 6.60. The molecule has 0 aliphatic carbocycles. The maximum absolute atomic E-state index is 12.7. The first-order valence-corrected chi connectivity index (χ1v) is 12.3. The molecule has 4 aromatic carbocycles. The molecule has 0 saturated carbocycles. The highest BCUT2D eigenvalue weighted by atomic mass is 16.2. The monoisotopic (exact) mass is 478 g/mol. The van der Waals surface area contributed by atoms with Gasteiger partial charge in [-0.05, 0) is 48.2 Å². The Labute approximate surface area is 211 Å². The van der Waals surface area contributed by atoms with Crippen molar-refractivity contribution in [3.05, 3.63) is 102 Å². The fourth-order valence-electron chi connectivity index (χ4n) is 4.70. The van der Waals surface area contributed by atoms with Crippen LogP contribution >= 0.6 is 0 Å². The van der Waals surface area contributed by atoms with E-state index in [9.17, 15) is 9.59 Å². The van der Waals surface area contributed by atoms with Gasteiger partial charge in [0.2, 0.25) is 5.91 Å². The summed E-state index contributed by atoms with van der Waals surface area (Å²) in [5.74, 6) is 0.178. The van der Waals surface area contributed by atoms with Crippen LogP contribution in [0.2, 0.25) is 0 Å². The highest BCUT2D eigenvalue weighted by Crippen LogP contribution is 2.24. The van der Waals surface area contributed by atoms with Gasteiger partial charge in [0.1, 0.15) is 0 Å². The van der Waals surface area contributed by atoms with Gasteiger partial charge in [-0.25, -0.2) is 4.79 Å². The third-order valence-corrected chi connectivity index (χ3v) is 6.60. The van der Waals surface area contributed by atoms with Gasteiger partial charge in [0.25, 0.3) is 0 Å². The maximum Gasteiger partial charge on any atom is 0.323 e. The largest absolute Gasteiger partial charge is 0.368 e. The Balaban J connectivity index is 1.13. The van der Waals surface area contributed by atoms with Gasteiger partial charge in [-0.15, -0.1) is 0 Å². The number of aryl methyl sites for hydroxylation is 1. The second-order valence-corrected chi connectivity index (χ2v) is 9.19. The van der Waals surface area contributed by atoms with E-state index in [1.54, 1.807) is 0 Å². The molecule has 1 saturated heterocycles. The first-order chi connectivity index (χ1) is 17.5. The number of nitrogens with zero attached hydrogens (tertiary/aromatic N) is 2. The van der Waals surface area contributed by atoms with Crippen molar-refractivity contribution in [2.75, 3.05) is 41.7 Å². The Morgan fingerprint density at radius 2 is 1.50 bits per heavy atom. The normalized spacial score (nSPS) is 13.5. The minimum Gasteiger partial charge on any atom is -0.368 e. The number of amides is 3. The molecule has 1 aliphatic heterocycles. The number of carbonyl (C=O) groups excluding carboxylic acids is 2. The van der Waals surface area contributed by atoms with Crippen molar-refractivity contribution in [2.24, 2.45) is 0 Å². The highest BCUT2D eigenvalue weighted by molar-refractivity contribution is 6.06. The van der Waals surface area contributed by atoms with Crippen LogP contribution in [0.25, 0.3) is 10.8 Å². The molecule has 6 heteroatoms. The molecule has 1 aliphatic rings. The molecule has 3 amide bonds. The summed E-state index contributed by atoms with van der Waals surface area (Å²) in [6, 6.07) is 29.5. The van der Waals surface area contributed by atoms with Gasteiger partial charge in [0.05, 0.1) is 12.1 Å². The molecule has 4 aromatic rings. The summed E-state index contributed by atoms with van der Waals surface area (Å²) >= 11 is 0. The van der Waals surface area contributed by atoms with E-state index in [1.165, 1.54) is 5.56 Å². The molecule has 0 bridgehead atoms. The number of nitrogens with one attached hydrogen (secondary N) is 2. The molecule has 0 radical (unpaired) electrons. The molecule has 6 nitrogen and oxygen atoms in total. The lowest BCUT2D eigenvalue weighted by molar-refractivity contribution is -0.130. The molecule has 2 N–H and O–H groups in total. The quantitative estimate of drug-likeness (QED) is 0.388. The van der Waals surface area contributed by atoms with E-state index in [1.807, 2.05) is 96.8 Å². The summed E-state index contributed by atoms with van der Waals surface area (Å²) in [7, 11) is 0. The molecule has 0 aromatic heterocycles. The summed E-state index contributed by atoms with van der Waals surface area (Å²) in [5.41, 5.74) is 4.82. The van der Waals surface area contributed by atoms with Gasteiger partial charge in [-0.3, -0.25) is 4.79 Å². The van der Waals surface area contributed by atoms with Crippen LogP contribution in [0.4, 0.5) is 21.9 Å². The average molecular weight is 479 g/mol. The van der Waals surface area contributed by atoms with Crippen molar-refractivity contribution in [3.63, 3.8) is 0 Å². The molecule has 0 spiro atoms. The molecule has 1 heterocycles. The maximum atomic E-state index is 12.7. The summed E-state index contributed by atoms with van der Waals surface area (Å²) in [6.07, 6.45) is 0.447. The minimum absolute atomic E-state index is 0.178. The van der Waals surface area contributed by atoms with Crippen molar-refractivity contribution in [1.29, 1.82) is 0 Å². The second kappa shape index (κ2) is 10.5. The van der Waals surface area contributed by atoms with Gasteiger partial charge >= 0.3 is 6.03 Å². The first kappa shape index (κ1) is 23.4. The summed E-state index contributed by atoms with van der Waals surface area (Å²) in [5, 5.41) is 7.94. The number of hydrogen-bond acceptors (Lipinski definition) is 3. The molecule has 182 valence electrons. The molecular weight excluding hydrogens is 448 g/mol. The molecule has 0 unspecified atom stereocenters. The Morgan fingerprint density at radius 3 is 2.28 bits per heavy atom. The van der Waals surface area contributed by atoms with Crippen molar-refractivity contribution in [2.45, 2.75) is 13.3 Å². The van der Waals surface area contributed by atoms with E-state index in [2.05, 4.69) is 21.6 Å². The van der Waals surface area contributed by atoms with Crippen LogP contribution in [0.5, 0.6) is 0 Å². The molecule has 0 atom stereocenters. The molecule has 36 heavy (non-hydrogen) atoms. The van der Waals surface area contributed by atoms with Crippen LogP contribution in [-0.4, -0.2) is 43.0 Å². The lowest BCUT2D eigenvalue weighted by atomic mass is 10.1. The summed E-state index contributed by atoms with van der Waals surface area (Å²) in [6.45, 7) is 5.03. The SMILES string of the molecule is Cc1cccc(CC(=O)N2CCN(c3ccc(NC(=O)Nc4cccc5ccccc45)cc3)CC2)c1. The highest BCUT2D eigenvalue weighted by Gasteiger charge is 2.21. The number of fused-ring (bicyclic) bond motifs is 1. The molecular formula is C30H30N4O2. The van der Waals surface area contributed by atoms with Crippen LogP contribution < -0.4 is 15.5 Å². The Kier molecular flexibility index (Phi) is 6.85. The number of piperazine rings is 1. The van der Waals surface area contributed by atoms with Crippen molar-refractivity contribution in [1.82, 2.24) is 4.90 Å². The number of hydrogen-bond donors (Lipinski definition) is 2. The predicted molar refractivity (Wildman–Crippen MR) is 147 cm³/mol. The number of carbonyl (C=O) groups is 2. The fourth-order valence-corrected chi connectivity index (χ4v) is 4.70. The average Bonchev–Trinajstić information content (AvgIpc) is 2.89. The lowest BCUT2D eigenvalue weighted by Gasteiger charge is -2.36. The van der Waals surface area contributed by atoms with Crippen LogP contribution in [-0.2, 0) is 11.2 Å². The number of anilines is 3. The summed E-state index contributed by atoms with van der Waals surface area (Å²) < 4.78 is 0. The Bertz CT molecular complexity index is 1370. The van der Waals surface area contributed by atoms with Crippen LogP contribution in [0.15, 0.2) is 91.0 Å². The number of rotatable bonds is 5. The van der Waals surface area contributed by atoms with E-state index in [0.29, 0.717) is 19.5 Å². The van der Waals surface area contributed by atoms with E-state index >= 15 is 0 Å². The predicted octanol–water partition coefficient (Wildman–Crippen LogP) is 5.68. The van der Waals surface area contributed by atoms with E-state index in [4.69, 9.17) is 0 Å². The third kappa shape index (κ3) is 5.49. The van der Waals surface area contributed by atoms with Crippen molar-refractivity contribution in [3.8, 4) is 0 Å². The van der Waals surface area contributed by atoms with Crippen molar-refractivity contribution < 1.29 is 9.59 Å². The van der Waals surface area contributed by atoms with Gasteiger partial charge in [-0.2, -0.15) is 0 Å². The minimum atomic E-state index is -0.278. The first-order valence-electron chi connectivity index (χ1n) is 12.3. The van der Waals surface area contributed by atoms with E-state index < -0.39 is 0 Å². The Hall–Kier alpha value is -4.32. The van der Waals surface area contributed by atoms with Gasteiger partial charge in [-0.1, -0.05) is 66.2 Å². The molecule has 5 rings (SSSR count). The van der Waals surface area contributed by atoms with Gasteiger partial charge in [0, 0.05) is 42.9 Å². The van der Waals surface area contributed by atoms with Crippen molar-refractivity contribution >= 4 is 39.8 Å². The smallest absolute Gasteiger partial charge is 0.323 e. The zero-order valence-corrected chi connectivity index (χ0v) is 20.4. The van der Waals surface area contributed by atoms with Crippen LogP contribution in [0, 0.1) is 6.92 Å². The standard InChI is InChI=1S/C30H30N4O2/c1-22-6-4-7-23(20-22)21-29(35)34-18-16-33(17-19-34)26-14-12-25(13-15-26)31-30(36)32-28-11-5-9-24-8-2-3-10-27(24)28/h2-15,20H,16-19,21H2,1H3,(H2,31,32,36). The Morgan fingerprint density at radius 1 is 0.778 bits per heavy atom. The van der Waals surface area contributed by atoms with E-state index in [0.717, 1.165) is 46.5 Å². The number of benzene rings is 4. The topological polar surface area (TPSA) is 64.7 Å². The van der Waals surface area contributed by atoms with Crippen LogP contribution in [0.3, 0.4) is 0 Å². The van der Waals surface area contributed by atoms with Gasteiger partial charge in [0.15, 0.2) is 0 Å². The van der Waals surface area contributed by atoms with Crippen LogP contribution in [0.1, 0.15) is 11.1 Å². The zero-order valence-electron chi connectivity index (χ0n) is 20.4. The van der Waals surface area contributed by atoms with E-state index in [-0.39, 0.29) is 11.9 Å².